The lowest BCUT2D eigenvalue weighted by Crippen LogP contribution is -1.91. The lowest BCUT2D eigenvalue weighted by Gasteiger charge is -2.09. The molecule has 0 atom stereocenters. The van der Waals surface area contributed by atoms with E-state index in [4.69, 9.17) is 0 Å². The molecule has 4 aromatic rings. The van der Waals surface area contributed by atoms with Crippen LogP contribution in [0.15, 0.2) is 73.2 Å². The SMILES string of the molecule is [c]1cc(Nc2cccnc2)cc(-c2cccc3[nH]ccc23)c1. The minimum atomic E-state index is 0.966. The minimum Gasteiger partial charge on any atom is -0.361 e. The topological polar surface area (TPSA) is 40.7 Å². The van der Waals surface area contributed by atoms with Gasteiger partial charge in [0.05, 0.1) is 11.9 Å². The number of aromatic amines is 1. The average Bonchev–Trinajstić information content (AvgIpc) is 3.04. The predicted octanol–water partition coefficient (Wildman–Crippen LogP) is 4.77. The molecule has 0 unspecified atom stereocenters. The van der Waals surface area contributed by atoms with E-state index >= 15 is 0 Å². The third-order valence-corrected chi connectivity index (χ3v) is 3.64. The first-order chi connectivity index (χ1) is 10.9. The van der Waals surface area contributed by atoms with Gasteiger partial charge in [-0.3, -0.25) is 4.98 Å². The predicted molar refractivity (Wildman–Crippen MR) is 90.1 cm³/mol. The van der Waals surface area contributed by atoms with Crippen molar-refractivity contribution >= 4 is 22.3 Å². The van der Waals surface area contributed by atoms with Gasteiger partial charge >= 0.3 is 0 Å². The number of nitrogens with one attached hydrogen (secondary N) is 2. The van der Waals surface area contributed by atoms with Crippen LogP contribution in [0.2, 0.25) is 0 Å². The molecule has 0 aliphatic heterocycles. The van der Waals surface area contributed by atoms with Crippen LogP contribution in [0.5, 0.6) is 0 Å². The van der Waals surface area contributed by atoms with Gasteiger partial charge in [-0.05, 0) is 59.7 Å². The molecule has 3 heteroatoms. The number of hydrogen-bond acceptors (Lipinski definition) is 2. The monoisotopic (exact) mass is 284 g/mol. The van der Waals surface area contributed by atoms with Crippen LogP contribution in [0.3, 0.4) is 0 Å². The van der Waals surface area contributed by atoms with Gasteiger partial charge in [-0.1, -0.05) is 12.1 Å². The average molecular weight is 284 g/mol. The van der Waals surface area contributed by atoms with Crippen molar-refractivity contribution in [1.82, 2.24) is 9.97 Å². The van der Waals surface area contributed by atoms with Gasteiger partial charge in [0.25, 0.3) is 0 Å². The van der Waals surface area contributed by atoms with E-state index < -0.39 is 0 Å². The Morgan fingerprint density at radius 1 is 1.00 bits per heavy atom. The fraction of sp³-hybridized carbons (Fsp3) is 0. The lowest BCUT2D eigenvalue weighted by molar-refractivity contribution is 1.32. The highest BCUT2D eigenvalue weighted by molar-refractivity contribution is 5.95. The molecule has 1 radical (unpaired) electrons. The second kappa shape index (κ2) is 5.37. The van der Waals surface area contributed by atoms with Crippen LogP contribution < -0.4 is 5.32 Å². The van der Waals surface area contributed by atoms with E-state index in [1.54, 1.807) is 12.4 Å². The fourth-order valence-corrected chi connectivity index (χ4v) is 2.64. The number of fused-ring (bicyclic) bond motifs is 1. The van der Waals surface area contributed by atoms with Crippen LogP contribution in [0.4, 0.5) is 11.4 Å². The van der Waals surface area contributed by atoms with Crippen molar-refractivity contribution < 1.29 is 0 Å². The molecule has 2 N–H and O–H groups in total. The van der Waals surface area contributed by atoms with Crippen LogP contribution >= 0.6 is 0 Å². The van der Waals surface area contributed by atoms with E-state index in [0.717, 1.165) is 22.5 Å². The van der Waals surface area contributed by atoms with Gasteiger partial charge in [-0.15, -0.1) is 0 Å². The molecule has 2 heterocycles. The first-order valence-electron chi connectivity index (χ1n) is 7.15. The van der Waals surface area contributed by atoms with Gasteiger partial charge in [0.1, 0.15) is 0 Å². The maximum Gasteiger partial charge on any atom is 0.0570 e. The Morgan fingerprint density at radius 2 is 2.00 bits per heavy atom. The zero-order chi connectivity index (χ0) is 14.8. The molecule has 2 aromatic heterocycles. The highest BCUT2D eigenvalue weighted by Gasteiger charge is 2.05. The molecule has 0 spiro atoms. The summed E-state index contributed by atoms with van der Waals surface area (Å²) >= 11 is 0. The molecule has 3 nitrogen and oxygen atoms in total. The van der Waals surface area contributed by atoms with E-state index in [1.807, 2.05) is 30.5 Å². The Labute approximate surface area is 128 Å². The molecule has 0 saturated heterocycles. The summed E-state index contributed by atoms with van der Waals surface area (Å²) in [5.74, 6) is 0. The molecule has 2 aromatic carbocycles. The number of aromatic nitrogens is 2. The molecule has 4 rings (SSSR count). The van der Waals surface area contributed by atoms with Crippen LogP contribution in [-0.2, 0) is 0 Å². The third kappa shape index (κ3) is 2.33. The fourth-order valence-electron chi connectivity index (χ4n) is 2.64. The standard InChI is InChI=1S/C19H14N3/c1-4-14(17-7-2-8-19-18(17)9-11-21-19)12-15(5-1)22-16-6-3-10-20-13-16/h2-13,21-22H. The van der Waals surface area contributed by atoms with Gasteiger partial charge in [0.15, 0.2) is 0 Å². The van der Waals surface area contributed by atoms with Crippen LogP contribution in [-0.4, -0.2) is 9.97 Å². The second-order valence-corrected chi connectivity index (χ2v) is 5.12. The molecule has 0 aliphatic rings. The highest BCUT2D eigenvalue weighted by Crippen LogP contribution is 2.30. The molecule has 0 aliphatic carbocycles. The van der Waals surface area contributed by atoms with Crippen LogP contribution in [0, 0.1) is 6.07 Å². The molecular weight excluding hydrogens is 270 g/mol. The lowest BCUT2D eigenvalue weighted by atomic mass is 10.0. The first kappa shape index (κ1) is 12.7. The molecule has 22 heavy (non-hydrogen) atoms. The summed E-state index contributed by atoms with van der Waals surface area (Å²) in [6, 6.07) is 21.6. The number of nitrogens with zero attached hydrogens (tertiary/aromatic N) is 1. The van der Waals surface area contributed by atoms with Crippen molar-refractivity contribution in [3.63, 3.8) is 0 Å². The number of anilines is 2. The van der Waals surface area contributed by atoms with Crippen molar-refractivity contribution in [3.05, 3.63) is 79.3 Å². The normalized spacial score (nSPS) is 10.7. The quantitative estimate of drug-likeness (QED) is 0.568. The number of hydrogen-bond donors (Lipinski definition) is 2. The van der Waals surface area contributed by atoms with E-state index in [9.17, 15) is 0 Å². The summed E-state index contributed by atoms with van der Waals surface area (Å²) in [5.41, 5.74) is 5.44. The first-order valence-corrected chi connectivity index (χ1v) is 7.15. The summed E-state index contributed by atoms with van der Waals surface area (Å²) in [6.45, 7) is 0. The Morgan fingerprint density at radius 3 is 2.91 bits per heavy atom. The number of benzene rings is 2. The van der Waals surface area contributed by atoms with Crippen molar-refractivity contribution in [2.75, 3.05) is 5.32 Å². The van der Waals surface area contributed by atoms with Crippen LogP contribution in [0.25, 0.3) is 22.0 Å². The number of pyridine rings is 1. The van der Waals surface area contributed by atoms with Crippen molar-refractivity contribution in [2.24, 2.45) is 0 Å². The zero-order valence-corrected chi connectivity index (χ0v) is 11.9. The molecule has 0 bridgehead atoms. The Bertz CT molecular complexity index is 910. The van der Waals surface area contributed by atoms with Gasteiger partial charge in [0, 0.05) is 29.0 Å². The number of H-pyrrole nitrogens is 1. The minimum absolute atomic E-state index is 0.966. The summed E-state index contributed by atoms with van der Waals surface area (Å²) in [6.07, 6.45) is 5.54. The summed E-state index contributed by atoms with van der Waals surface area (Å²) in [4.78, 5) is 7.37. The van der Waals surface area contributed by atoms with Crippen LogP contribution in [0.1, 0.15) is 0 Å². The van der Waals surface area contributed by atoms with E-state index in [-0.39, 0.29) is 0 Å². The van der Waals surface area contributed by atoms with E-state index in [1.165, 1.54) is 10.9 Å². The maximum absolute atomic E-state index is 4.12. The zero-order valence-electron chi connectivity index (χ0n) is 11.9. The van der Waals surface area contributed by atoms with Crippen molar-refractivity contribution in [2.45, 2.75) is 0 Å². The summed E-state index contributed by atoms with van der Waals surface area (Å²) in [5, 5.41) is 4.57. The molecule has 0 fully saturated rings. The number of rotatable bonds is 3. The Hall–Kier alpha value is -3.07. The van der Waals surface area contributed by atoms with Crippen molar-refractivity contribution in [3.8, 4) is 11.1 Å². The maximum atomic E-state index is 4.12. The summed E-state index contributed by atoms with van der Waals surface area (Å²) < 4.78 is 0. The highest BCUT2D eigenvalue weighted by atomic mass is 14.9. The Kier molecular flexibility index (Phi) is 3.09. The van der Waals surface area contributed by atoms with Gasteiger partial charge in [-0.2, -0.15) is 0 Å². The molecule has 105 valence electrons. The van der Waals surface area contributed by atoms with E-state index in [0.29, 0.717) is 0 Å². The molecule has 0 saturated carbocycles. The Balaban J connectivity index is 1.74. The van der Waals surface area contributed by atoms with Gasteiger partial charge in [-0.25, -0.2) is 0 Å². The van der Waals surface area contributed by atoms with Gasteiger partial charge < -0.3 is 10.3 Å². The smallest absolute Gasteiger partial charge is 0.0570 e. The van der Waals surface area contributed by atoms with Crippen molar-refractivity contribution in [1.29, 1.82) is 0 Å². The summed E-state index contributed by atoms with van der Waals surface area (Å²) in [7, 11) is 0. The van der Waals surface area contributed by atoms with E-state index in [2.05, 4.69) is 51.7 Å². The third-order valence-electron chi connectivity index (χ3n) is 3.64. The second-order valence-electron chi connectivity index (χ2n) is 5.12. The largest absolute Gasteiger partial charge is 0.361 e. The van der Waals surface area contributed by atoms with Gasteiger partial charge in [0.2, 0.25) is 0 Å². The molecular formula is C19H14N3. The molecule has 0 amide bonds.